The molecule has 0 heterocycles. The molecule has 0 bridgehead atoms. The average molecular weight is 428 g/mol. The number of ether oxygens (including phenoxy) is 6. The third kappa shape index (κ3) is 11.5. The van der Waals surface area contributed by atoms with Gasteiger partial charge in [0, 0.05) is 24.6 Å². The smallest absolute Gasteiger partial charge is 0.330 e. The van der Waals surface area contributed by atoms with E-state index in [0.717, 1.165) is 18.2 Å². The molecule has 9 heteroatoms. The largest absolute Gasteiger partial charge is 0.457 e. The van der Waals surface area contributed by atoms with Gasteiger partial charge in [-0.15, -0.1) is 0 Å². The van der Waals surface area contributed by atoms with Gasteiger partial charge in [-0.1, -0.05) is 26.7 Å². The molecule has 0 saturated heterocycles. The lowest BCUT2D eigenvalue weighted by atomic mass is 10.3. The van der Waals surface area contributed by atoms with Gasteiger partial charge in [0.15, 0.2) is 0 Å². The first-order valence-corrected chi connectivity index (χ1v) is 9.52. The molecule has 170 valence electrons. The van der Waals surface area contributed by atoms with E-state index in [2.05, 4.69) is 19.7 Å². The molecule has 0 aromatic heterocycles. The number of carbonyl (C=O) groups is 3. The Labute approximate surface area is 177 Å². The summed E-state index contributed by atoms with van der Waals surface area (Å²) in [4.78, 5) is 34.0. The minimum atomic E-state index is -1.56. The fourth-order valence-electron chi connectivity index (χ4n) is 2.01. The maximum atomic E-state index is 11.3. The molecule has 0 spiro atoms. The third-order valence-corrected chi connectivity index (χ3v) is 3.50. The van der Waals surface area contributed by atoms with Crippen molar-refractivity contribution < 1.29 is 42.8 Å². The molecule has 3 atom stereocenters. The second-order valence-corrected chi connectivity index (χ2v) is 6.32. The van der Waals surface area contributed by atoms with E-state index in [9.17, 15) is 14.4 Å². The summed E-state index contributed by atoms with van der Waals surface area (Å²) in [6, 6.07) is 0. The van der Waals surface area contributed by atoms with Gasteiger partial charge in [-0.05, 0) is 20.8 Å². The third-order valence-electron chi connectivity index (χ3n) is 3.50. The molecule has 0 aromatic carbocycles. The van der Waals surface area contributed by atoms with Crippen LogP contribution in [0.4, 0.5) is 0 Å². The molecule has 9 nitrogen and oxygen atoms in total. The van der Waals surface area contributed by atoms with Crippen LogP contribution in [0.5, 0.6) is 0 Å². The lowest BCUT2D eigenvalue weighted by Crippen LogP contribution is -2.44. The summed E-state index contributed by atoms with van der Waals surface area (Å²) in [5.41, 5.74) is 0. The van der Waals surface area contributed by atoms with Gasteiger partial charge in [-0.25, -0.2) is 14.4 Å². The van der Waals surface area contributed by atoms with Crippen LogP contribution in [0.1, 0.15) is 34.1 Å². The zero-order valence-corrected chi connectivity index (χ0v) is 18.1. The van der Waals surface area contributed by atoms with Crippen molar-refractivity contribution in [2.45, 2.75) is 58.4 Å². The molecule has 30 heavy (non-hydrogen) atoms. The first-order valence-electron chi connectivity index (χ1n) is 9.52. The normalized spacial score (nSPS) is 15.6. The topological polar surface area (TPSA) is 107 Å². The molecule has 0 aliphatic rings. The van der Waals surface area contributed by atoms with Crippen molar-refractivity contribution in [2.24, 2.45) is 0 Å². The zero-order chi connectivity index (χ0) is 23.2. The van der Waals surface area contributed by atoms with Crippen LogP contribution in [-0.2, 0) is 42.8 Å². The maximum absolute atomic E-state index is 11.3. The predicted molar refractivity (Wildman–Crippen MR) is 108 cm³/mol. The van der Waals surface area contributed by atoms with E-state index in [-0.39, 0.29) is 26.2 Å². The van der Waals surface area contributed by atoms with Crippen LogP contribution >= 0.6 is 0 Å². The average Bonchev–Trinajstić information content (AvgIpc) is 2.73. The molecule has 0 N–H and O–H groups in total. The van der Waals surface area contributed by atoms with Gasteiger partial charge in [0.25, 0.3) is 5.97 Å². The highest BCUT2D eigenvalue weighted by Crippen LogP contribution is 2.22. The Morgan fingerprint density at radius 2 is 0.967 bits per heavy atom. The highest BCUT2D eigenvalue weighted by Gasteiger charge is 2.34. The number of esters is 3. The van der Waals surface area contributed by atoms with Crippen LogP contribution in [-0.4, -0.2) is 62.0 Å². The van der Waals surface area contributed by atoms with Gasteiger partial charge < -0.3 is 28.4 Å². The molecule has 0 amide bonds. The molecule has 0 radical (unpaired) electrons. The lowest BCUT2D eigenvalue weighted by Gasteiger charge is -2.34. The quantitative estimate of drug-likeness (QED) is 0.159. The van der Waals surface area contributed by atoms with Crippen LogP contribution in [0.2, 0.25) is 0 Å². The minimum Gasteiger partial charge on any atom is -0.457 e. The Balaban J connectivity index is 5.11. The summed E-state index contributed by atoms with van der Waals surface area (Å²) >= 11 is 0. The van der Waals surface area contributed by atoms with Crippen molar-refractivity contribution in [2.75, 3.05) is 19.8 Å². The SMILES string of the molecule is C=CC(=O)OC(C)COC(CC)(OCC(C)OC(=O)C=C)OCC(C)OC(=O)C=C. The first-order chi connectivity index (χ1) is 14.1. The Bertz CT molecular complexity index is 520. The number of hydrogen-bond acceptors (Lipinski definition) is 9. The van der Waals surface area contributed by atoms with Gasteiger partial charge in [-0.3, -0.25) is 0 Å². The first kappa shape index (κ1) is 27.5. The summed E-state index contributed by atoms with van der Waals surface area (Å²) in [6.07, 6.45) is 1.53. The minimum absolute atomic E-state index is 0.0466. The van der Waals surface area contributed by atoms with E-state index < -0.39 is 42.2 Å². The van der Waals surface area contributed by atoms with Gasteiger partial charge in [0.2, 0.25) is 0 Å². The Morgan fingerprint density at radius 1 is 0.700 bits per heavy atom. The van der Waals surface area contributed by atoms with Gasteiger partial charge in [-0.2, -0.15) is 0 Å². The zero-order valence-electron chi connectivity index (χ0n) is 18.1. The Kier molecular flexibility index (Phi) is 13.3. The summed E-state index contributed by atoms with van der Waals surface area (Å²) in [6.45, 7) is 16.5. The predicted octanol–water partition coefficient (Wildman–Crippen LogP) is 2.45. The van der Waals surface area contributed by atoms with E-state index in [4.69, 9.17) is 28.4 Å². The van der Waals surface area contributed by atoms with E-state index in [1.807, 2.05) is 0 Å². The second kappa shape index (κ2) is 14.5. The molecule has 0 saturated carbocycles. The van der Waals surface area contributed by atoms with Gasteiger partial charge in [0.05, 0.1) is 19.8 Å². The second-order valence-electron chi connectivity index (χ2n) is 6.32. The summed E-state index contributed by atoms with van der Waals surface area (Å²) in [5.74, 6) is -3.33. The van der Waals surface area contributed by atoms with Crippen molar-refractivity contribution in [3.8, 4) is 0 Å². The van der Waals surface area contributed by atoms with Gasteiger partial charge >= 0.3 is 17.9 Å². The highest BCUT2D eigenvalue weighted by molar-refractivity contribution is 5.82. The van der Waals surface area contributed by atoms with Crippen LogP contribution in [0.3, 0.4) is 0 Å². The summed E-state index contributed by atoms with van der Waals surface area (Å²) < 4.78 is 32.5. The number of hydrogen-bond donors (Lipinski definition) is 0. The number of rotatable bonds is 16. The van der Waals surface area contributed by atoms with Crippen molar-refractivity contribution >= 4 is 17.9 Å². The maximum Gasteiger partial charge on any atom is 0.330 e. The van der Waals surface area contributed by atoms with Crippen LogP contribution in [0.25, 0.3) is 0 Å². The van der Waals surface area contributed by atoms with Gasteiger partial charge in [0.1, 0.15) is 18.3 Å². The molecule has 0 aliphatic carbocycles. The van der Waals surface area contributed by atoms with Crippen molar-refractivity contribution in [3.05, 3.63) is 38.0 Å². The monoisotopic (exact) mass is 428 g/mol. The lowest BCUT2D eigenvalue weighted by molar-refractivity contribution is -0.392. The fraction of sp³-hybridized carbons (Fsp3) is 0.571. The van der Waals surface area contributed by atoms with Crippen LogP contribution in [0.15, 0.2) is 38.0 Å². The molecular weight excluding hydrogens is 396 g/mol. The summed E-state index contributed by atoms with van der Waals surface area (Å²) in [7, 11) is 0. The molecular formula is C21H32O9. The van der Waals surface area contributed by atoms with E-state index in [1.165, 1.54) is 0 Å². The molecule has 0 aliphatic heterocycles. The molecule has 0 aromatic rings. The molecule has 3 unspecified atom stereocenters. The number of carbonyl (C=O) groups excluding carboxylic acids is 3. The van der Waals surface area contributed by atoms with Crippen molar-refractivity contribution in [1.29, 1.82) is 0 Å². The molecule has 0 fully saturated rings. The van der Waals surface area contributed by atoms with Crippen LogP contribution < -0.4 is 0 Å². The van der Waals surface area contributed by atoms with Crippen LogP contribution in [0, 0.1) is 0 Å². The fourth-order valence-corrected chi connectivity index (χ4v) is 2.01. The summed E-state index contributed by atoms with van der Waals surface area (Å²) in [5, 5.41) is 0. The van der Waals surface area contributed by atoms with E-state index in [0.29, 0.717) is 0 Å². The molecule has 0 rings (SSSR count). The van der Waals surface area contributed by atoms with E-state index in [1.54, 1.807) is 27.7 Å². The Morgan fingerprint density at radius 3 is 1.17 bits per heavy atom. The Hall–Kier alpha value is -2.49. The van der Waals surface area contributed by atoms with Crippen molar-refractivity contribution in [1.82, 2.24) is 0 Å². The highest BCUT2D eigenvalue weighted by atomic mass is 16.9. The van der Waals surface area contributed by atoms with E-state index >= 15 is 0 Å². The standard InChI is InChI=1S/C21H32O9/c1-8-18(22)28-15(5)12-25-21(11-4,26-13-16(6)29-19(23)9-2)27-14-17(7)30-20(24)10-3/h8-10,15-17H,1-3,11-14H2,4-7H3. The van der Waals surface area contributed by atoms with Crippen molar-refractivity contribution in [3.63, 3.8) is 0 Å².